The van der Waals surface area contributed by atoms with Crippen LogP contribution in [0.3, 0.4) is 0 Å². The van der Waals surface area contributed by atoms with Crippen LogP contribution in [-0.2, 0) is 0 Å². The number of amidine groups is 1. The predicted molar refractivity (Wildman–Crippen MR) is 111 cm³/mol. The van der Waals surface area contributed by atoms with E-state index in [-0.39, 0.29) is 12.1 Å². The largest absolute Gasteiger partial charge is 0.339 e. The highest BCUT2D eigenvalue weighted by Gasteiger charge is 2.44. The molecule has 0 amide bonds. The molecule has 0 bridgehead atoms. The van der Waals surface area contributed by atoms with Crippen LogP contribution in [0.2, 0.25) is 0 Å². The van der Waals surface area contributed by atoms with Crippen LogP contribution in [0.1, 0.15) is 36.0 Å². The number of hydrogen-bond acceptors (Lipinski definition) is 4. The Morgan fingerprint density at radius 3 is 2.81 bits per heavy atom. The first-order valence-electron chi connectivity index (χ1n) is 9.37. The lowest BCUT2D eigenvalue weighted by Crippen LogP contribution is -2.30. The van der Waals surface area contributed by atoms with Gasteiger partial charge in [-0.3, -0.25) is 9.98 Å². The quantitative estimate of drug-likeness (QED) is 0.662. The number of nitrogens with zero attached hydrogens (tertiary/aromatic N) is 4. The Kier molecular flexibility index (Phi) is 4.05. The lowest BCUT2D eigenvalue weighted by molar-refractivity contribution is 0.312. The smallest absolute Gasteiger partial charge is 0.160 e. The van der Waals surface area contributed by atoms with Gasteiger partial charge < -0.3 is 9.47 Å². The molecule has 3 aromatic rings. The number of fused-ring (bicyclic) bond motifs is 1. The van der Waals surface area contributed by atoms with Crippen molar-refractivity contribution in [2.24, 2.45) is 4.99 Å². The summed E-state index contributed by atoms with van der Waals surface area (Å²) in [4.78, 5) is 12.2. The van der Waals surface area contributed by atoms with Gasteiger partial charge in [-0.2, -0.15) is 0 Å². The van der Waals surface area contributed by atoms with E-state index in [2.05, 4.69) is 83.0 Å². The first-order valence-corrected chi connectivity index (χ1v) is 10.2. The molecule has 0 saturated carbocycles. The normalized spacial score (nSPS) is 24.1. The highest BCUT2D eigenvalue weighted by molar-refractivity contribution is 8.14. The van der Waals surface area contributed by atoms with Crippen LogP contribution >= 0.6 is 11.8 Å². The summed E-state index contributed by atoms with van der Waals surface area (Å²) in [5.41, 5.74) is 4.77. The molecule has 2 aliphatic rings. The van der Waals surface area contributed by atoms with Gasteiger partial charge in [0, 0.05) is 35.6 Å². The summed E-state index contributed by atoms with van der Waals surface area (Å²) in [6.45, 7) is 5.44. The van der Waals surface area contributed by atoms with Gasteiger partial charge in [0.25, 0.3) is 0 Å². The first-order chi connectivity index (χ1) is 13.2. The lowest BCUT2D eigenvalue weighted by atomic mass is 10.0. The Hall–Kier alpha value is -2.53. The van der Waals surface area contributed by atoms with E-state index in [9.17, 15) is 0 Å². The molecular weight excluding hydrogens is 352 g/mol. The molecule has 1 fully saturated rings. The second-order valence-electron chi connectivity index (χ2n) is 7.28. The molecule has 5 heteroatoms. The van der Waals surface area contributed by atoms with Crippen molar-refractivity contribution in [3.8, 4) is 5.69 Å². The summed E-state index contributed by atoms with van der Waals surface area (Å²) in [6.07, 6.45) is 4.02. The summed E-state index contributed by atoms with van der Waals surface area (Å²) in [7, 11) is 0. The van der Waals surface area contributed by atoms with Crippen molar-refractivity contribution in [1.29, 1.82) is 0 Å². The number of aliphatic imine (C=N–C) groups is 1. The number of aryl methyl sites for hydroxylation is 1. The van der Waals surface area contributed by atoms with Gasteiger partial charge in [-0.25, -0.2) is 0 Å². The molecule has 2 aliphatic heterocycles. The summed E-state index contributed by atoms with van der Waals surface area (Å²) in [5, 5.41) is 1.72. The van der Waals surface area contributed by atoms with Crippen molar-refractivity contribution in [1.82, 2.24) is 14.5 Å². The fourth-order valence-corrected chi connectivity index (χ4v) is 5.18. The van der Waals surface area contributed by atoms with Gasteiger partial charge in [0.05, 0.1) is 11.7 Å². The molecule has 2 aromatic heterocycles. The maximum Gasteiger partial charge on any atom is 0.160 e. The third-order valence-corrected chi connectivity index (χ3v) is 6.35. The van der Waals surface area contributed by atoms with Crippen LogP contribution in [0.4, 0.5) is 0 Å². The minimum Gasteiger partial charge on any atom is -0.339 e. The Morgan fingerprint density at radius 1 is 1.07 bits per heavy atom. The summed E-state index contributed by atoms with van der Waals surface area (Å²) < 4.78 is 2.31. The van der Waals surface area contributed by atoms with Gasteiger partial charge in [0.15, 0.2) is 5.17 Å². The number of benzene rings is 1. The van der Waals surface area contributed by atoms with Crippen LogP contribution < -0.4 is 0 Å². The zero-order valence-electron chi connectivity index (χ0n) is 15.5. The maximum atomic E-state index is 5.09. The molecule has 3 unspecified atom stereocenters. The summed E-state index contributed by atoms with van der Waals surface area (Å²) >= 11 is 1.88. The van der Waals surface area contributed by atoms with Gasteiger partial charge in [-0.05, 0) is 48.9 Å². The molecular formula is C22H22N4S. The van der Waals surface area contributed by atoms with Gasteiger partial charge in [-0.15, -0.1) is 0 Å². The van der Waals surface area contributed by atoms with Crippen molar-refractivity contribution in [3.63, 3.8) is 0 Å². The van der Waals surface area contributed by atoms with Gasteiger partial charge in [0.2, 0.25) is 0 Å². The predicted octanol–water partition coefficient (Wildman–Crippen LogP) is 4.77. The highest BCUT2D eigenvalue weighted by Crippen LogP contribution is 2.47. The minimum absolute atomic E-state index is 0.0275. The van der Waals surface area contributed by atoms with E-state index in [4.69, 9.17) is 4.99 Å². The van der Waals surface area contributed by atoms with Gasteiger partial charge >= 0.3 is 0 Å². The van der Waals surface area contributed by atoms with E-state index >= 15 is 0 Å². The Balaban J connectivity index is 1.62. The molecule has 0 aliphatic carbocycles. The molecule has 27 heavy (non-hydrogen) atoms. The highest BCUT2D eigenvalue weighted by atomic mass is 32.2. The van der Waals surface area contributed by atoms with Crippen LogP contribution in [0.15, 0.2) is 72.0 Å². The average Bonchev–Trinajstić information content (AvgIpc) is 3.36. The second kappa shape index (κ2) is 6.57. The summed E-state index contributed by atoms with van der Waals surface area (Å²) in [5.74, 6) is 0. The van der Waals surface area contributed by atoms with Crippen molar-refractivity contribution in [2.75, 3.05) is 6.54 Å². The van der Waals surface area contributed by atoms with E-state index in [0.29, 0.717) is 5.25 Å². The lowest BCUT2D eigenvalue weighted by Gasteiger charge is -2.28. The Morgan fingerprint density at radius 2 is 2.00 bits per heavy atom. The molecule has 4 heterocycles. The second-order valence-corrected chi connectivity index (χ2v) is 8.68. The molecule has 5 rings (SSSR count). The van der Waals surface area contributed by atoms with Crippen molar-refractivity contribution < 1.29 is 0 Å². The van der Waals surface area contributed by atoms with Crippen LogP contribution in [0, 0.1) is 6.92 Å². The maximum absolute atomic E-state index is 5.09. The third-order valence-electron chi connectivity index (χ3n) is 5.24. The molecule has 3 atom stereocenters. The summed E-state index contributed by atoms with van der Waals surface area (Å²) in [6, 6.07) is 19.3. The zero-order chi connectivity index (χ0) is 18.4. The molecule has 1 aromatic carbocycles. The Labute approximate surface area is 164 Å². The number of rotatable bonds is 3. The standard InChI is InChI=1S/C22H22N4S/c1-15-7-5-8-17(13-15)25-12-6-10-19(25)21-20(18-9-3-4-11-23-18)24-22-26(21)14-16(2)27-22/h3-13,16,20-21H,14H2,1-2H3. The monoisotopic (exact) mass is 374 g/mol. The number of hydrogen-bond donors (Lipinski definition) is 0. The van der Waals surface area contributed by atoms with Crippen LogP contribution in [0.5, 0.6) is 0 Å². The zero-order valence-corrected chi connectivity index (χ0v) is 16.3. The fraction of sp³-hybridized carbons (Fsp3) is 0.273. The Bertz CT molecular complexity index is 994. The fourth-order valence-electron chi connectivity index (χ4n) is 4.09. The van der Waals surface area contributed by atoms with Crippen molar-refractivity contribution in [2.45, 2.75) is 31.2 Å². The molecule has 0 radical (unpaired) electrons. The van der Waals surface area contributed by atoms with E-state index in [1.807, 2.05) is 24.0 Å². The van der Waals surface area contributed by atoms with Crippen molar-refractivity contribution in [3.05, 3.63) is 83.9 Å². The minimum atomic E-state index is 0.0275. The number of pyridine rings is 1. The molecule has 136 valence electrons. The molecule has 0 N–H and O–H groups in total. The van der Waals surface area contributed by atoms with Crippen molar-refractivity contribution >= 4 is 16.9 Å². The van der Waals surface area contributed by atoms with E-state index in [0.717, 1.165) is 17.4 Å². The molecule has 1 saturated heterocycles. The number of thioether (sulfide) groups is 1. The molecule has 0 spiro atoms. The average molecular weight is 375 g/mol. The topological polar surface area (TPSA) is 33.4 Å². The van der Waals surface area contributed by atoms with Gasteiger partial charge in [-0.1, -0.05) is 36.9 Å². The van der Waals surface area contributed by atoms with E-state index in [1.54, 1.807) is 0 Å². The van der Waals surface area contributed by atoms with Crippen LogP contribution in [-0.4, -0.2) is 31.4 Å². The van der Waals surface area contributed by atoms with E-state index in [1.165, 1.54) is 16.9 Å². The van der Waals surface area contributed by atoms with Gasteiger partial charge in [0.1, 0.15) is 6.04 Å². The SMILES string of the molecule is Cc1cccc(-n2cccc2C2C(c3ccccn3)N=C3SC(C)CN32)c1. The third kappa shape index (κ3) is 2.86. The number of aromatic nitrogens is 2. The first kappa shape index (κ1) is 16.6. The van der Waals surface area contributed by atoms with Crippen LogP contribution in [0.25, 0.3) is 5.69 Å². The van der Waals surface area contributed by atoms with E-state index < -0.39 is 0 Å². The molecule has 4 nitrogen and oxygen atoms in total.